The van der Waals surface area contributed by atoms with Crippen LogP contribution in [0.4, 0.5) is 4.79 Å². The van der Waals surface area contributed by atoms with Crippen molar-refractivity contribution < 1.29 is 23.8 Å². The Morgan fingerprint density at radius 3 is 2.71 bits per heavy atom. The second-order valence-electron chi connectivity index (χ2n) is 7.98. The number of carbonyl (C=O) groups excluding carboxylic acids is 2. The number of hydrogen-bond donors (Lipinski definition) is 0. The average molecular weight is 385 g/mol. The van der Waals surface area contributed by atoms with Crippen LogP contribution in [0, 0.1) is 5.92 Å². The zero-order valence-electron chi connectivity index (χ0n) is 16.3. The maximum atomic E-state index is 13.0. The number of ether oxygens (including phenoxy) is 3. The van der Waals surface area contributed by atoms with Gasteiger partial charge in [0.2, 0.25) is 5.91 Å². The highest BCUT2D eigenvalue weighted by molar-refractivity contribution is 5.89. The third-order valence-corrected chi connectivity index (χ3v) is 6.15. The van der Waals surface area contributed by atoms with Crippen molar-refractivity contribution in [3.63, 3.8) is 0 Å². The molecule has 6 heteroatoms. The maximum Gasteiger partial charge on any atom is 0.508 e. The molecule has 6 nitrogen and oxygen atoms in total. The first-order valence-corrected chi connectivity index (χ1v) is 10.0. The topological polar surface area (TPSA) is 65.1 Å². The Morgan fingerprint density at radius 1 is 1.29 bits per heavy atom. The minimum atomic E-state index is -0.757. The van der Waals surface area contributed by atoms with Gasteiger partial charge in [0, 0.05) is 0 Å². The van der Waals surface area contributed by atoms with Crippen LogP contribution in [0.5, 0.6) is 0 Å². The molecule has 0 radical (unpaired) electrons. The molecule has 150 valence electrons. The van der Waals surface area contributed by atoms with Gasteiger partial charge in [0.25, 0.3) is 0 Å². The van der Waals surface area contributed by atoms with Crippen LogP contribution in [0.15, 0.2) is 42.5 Å². The predicted octanol–water partition coefficient (Wildman–Crippen LogP) is 3.80. The summed E-state index contributed by atoms with van der Waals surface area (Å²) in [6.45, 7) is 6.45. The SMILES string of the molecule is C=C1COC2(CCCCC2)N2C(=O)C([C@@H](C)OC(=O)OCc3ccccc3)[C@@H]12. The number of rotatable bonds is 4. The summed E-state index contributed by atoms with van der Waals surface area (Å²) in [5.74, 6) is -0.435. The van der Waals surface area contributed by atoms with Crippen LogP contribution < -0.4 is 0 Å². The number of hydrogen-bond acceptors (Lipinski definition) is 5. The van der Waals surface area contributed by atoms with Gasteiger partial charge < -0.3 is 19.1 Å². The lowest BCUT2D eigenvalue weighted by atomic mass is 9.73. The lowest BCUT2D eigenvalue weighted by molar-refractivity contribution is -0.246. The van der Waals surface area contributed by atoms with Crippen LogP contribution >= 0.6 is 0 Å². The van der Waals surface area contributed by atoms with Crippen LogP contribution in [-0.2, 0) is 25.6 Å². The first-order chi connectivity index (χ1) is 13.5. The quantitative estimate of drug-likeness (QED) is 0.448. The molecule has 1 saturated carbocycles. The molecule has 1 spiro atoms. The van der Waals surface area contributed by atoms with Crippen molar-refractivity contribution in [1.29, 1.82) is 0 Å². The van der Waals surface area contributed by atoms with Crippen LogP contribution in [0.1, 0.15) is 44.6 Å². The highest BCUT2D eigenvalue weighted by Gasteiger charge is 2.62. The molecule has 3 fully saturated rings. The van der Waals surface area contributed by atoms with Gasteiger partial charge in [0.05, 0.1) is 18.6 Å². The molecule has 0 N–H and O–H groups in total. The molecule has 1 amide bonds. The molecule has 2 aliphatic heterocycles. The van der Waals surface area contributed by atoms with Crippen molar-refractivity contribution in [3.8, 4) is 0 Å². The van der Waals surface area contributed by atoms with Gasteiger partial charge in [-0.15, -0.1) is 0 Å². The van der Waals surface area contributed by atoms with E-state index >= 15 is 0 Å². The molecular weight excluding hydrogens is 358 g/mol. The molecule has 0 bridgehead atoms. The normalized spacial score (nSPS) is 27.0. The summed E-state index contributed by atoms with van der Waals surface area (Å²) >= 11 is 0. The highest BCUT2D eigenvalue weighted by atomic mass is 16.7. The van der Waals surface area contributed by atoms with Crippen LogP contribution in [0.3, 0.4) is 0 Å². The Kier molecular flexibility index (Phi) is 5.15. The third-order valence-electron chi connectivity index (χ3n) is 6.15. The van der Waals surface area contributed by atoms with Gasteiger partial charge >= 0.3 is 6.16 Å². The lowest BCUT2D eigenvalue weighted by Crippen LogP contribution is -2.76. The standard InChI is InChI=1S/C22H27NO5/c1-15-13-27-22(11-7-4-8-12-22)23-19(15)18(20(23)24)16(2)28-21(25)26-14-17-9-5-3-6-10-17/h3,5-6,9-10,16,18-19H,1,4,7-8,11-14H2,2H3/t16-,18?,19-/m1/s1. The summed E-state index contributed by atoms with van der Waals surface area (Å²) in [6.07, 6.45) is 3.69. The zero-order chi connectivity index (χ0) is 19.7. The summed E-state index contributed by atoms with van der Waals surface area (Å²) in [5.41, 5.74) is 1.26. The molecule has 1 aliphatic carbocycles. The van der Waals surface area contributed by atoms with E-state index in [1.807, 2.05) is 35.2 Å². The fourth-order valence-corrected chi connectivity index (χ4v) is 4.71. The summed E-state index contributed by atoms with van der Waals surface area (Å²) in [7, 11) is 0. The molecule has 2 saturated heterocycles. The molecule has 1 aromatic rings. The number of nitrogens with zero attached hydrogens (tertiary/aromatic N) is 1. The second kappa shape index (κ2) is 7.59. The van der Waals surface area contributed by atoms with Crippen molar-refractivity contribution in [2.75, 3.05) is 6.61 Å². The first kappa shape index (κ1) is 19.0. The fraction of sp³-hybridized carbons (Fsp3) is 0.545. The van der Waals surface area contributed by atoms with Gasteiger partial charge in [-0.2, -0.15) is 0 Å². The number of benzene rings is 1. The monoisotopic (exact) mass is 385 g/mol. The number of fused-ring (bicyclic) bond motifs is 2. The van der Waals surface area contributed by atoms with Crippen LogP contribution in [-0.4, -0.2) is 41.4 Å². The van der Waals surface area contributed by atoms with E-state index in [-0.39, 0.29) is 18.6 Å². The van der Waals surface area contributed by atoms with Crippen molar-refractivity contribution in [2.45, 2.75) is 63.5 Å². The Hall–Kier alpha value is -2.34. The maximum absolute atomic E-state index is 13.0. The molecule has 1 aromatic carbocycles. The third kappa shape index (κ3) is 3.30. The highest BCUT2D eigenvalue weighted by Crippen LogP contribution is 2.49. The molecule has 2 heterocycles. The molecule has 4 rings (SSSR count). The molecule has 0 aromatic heterocycles. The van der Waals surface area contributed by atoms with Gasteiger partial charge in [-0.3, -0.25) is 4.79 Å². The number of β-lactam (4-membered cyclic amide) rings is 1. The minimum Gasteiger partial charge on any atom is -0.430 e. The second-order valence-corrected chi connectivity index (χ2v) is 7.98. The number of amides is 1. The lowest BCUT2D eigenvalue weighted by Gasteiger charge is -2.62. The molecule has 3 atom stereocenters. The molecule has 28 heavy (non-hydrogen) atoms. The smallest absolute Gasteiger partial charge is 0.430 e. The Labute approximate surface area is 165 Å². The van der Waals surface area contributed by atoms with E-state index in [2.05, 4.69) is 6.58 Å². The summed E-state index contributed by atoms with van der Waals surface area (Å²) < 4.78 is 16.7. The van der Waals surface area contributed by atoms with E-state index in [1.54, 1.807) is 6.92 Å². The van der Waals surface area contributed by atoms with Crippen molar-refractivity contribution in [2.24, 2.45) is 5.92 Å². The average Bonchev–Trinajstić information content (AvgIpc) is 2.69. The zero-order valence-corrected chi connectivity index (χ0v) is 16.3. The van der Waals surface area contributed by atoms with Gasteiger partial charge in [-0.1, -0.05) is 43.3 Å². The van der Waals surface area contributed by atoms with Gasteiger partial charge in [-0.05, 0) is 43.7 Å². The van der Waals surface area contributed by atoms with Crippen LogP contribution in [0.25, 0.3) is 0 Å². The van der Waals surface area contributed by atoms with E-state index in [4.69, 9.17) is 14.2 Å². The first-order valence-electron chi connectivity index (χ1n) is 10.0. The Bertz CT molecular complexity index is 755. The van der Waals surface area contributed by atoms with Crippen molar-refractivity contribution in [3.05, 3.63) is 48.0 Å². The number of carbonyl (C=O) groups is 2. The van der Waals surface area contributed by atoms with E-state index < -0.39 is 23.9 Å². The summed E-state index contributed by atoms with van der Waals surface area (Å²) in [6, 6.07) is 9.28. The van der Waals surface area contributed by atoms with Crippen LogP contribution in [0.2, 0.25) is 0 Å². The molecular formula is C22H27NO5. The summed E-state index contributed by atoms with van der Waals surface area (Å²) in [5, 5.41) is 0. The summed E-state index contributed by atoms with van der Waals surface area (Å²) in [4.78, 5) is 26.9. The Morgan fingerprint density at radius 2 is 2.00 bits per heavy atom. The minimum absolute atomic E-state index is 0.0175. The Balaban J connectivity index is 1.38. The van der Waals surface area contributed by atoms with E-state index in [0.29, 0.717) is 6.61 Å². The van der Waals surface area contributed by atoms with E-state index in [1.165, 1.54) is 6.42 Å². The van der Waals surface area contributed by atoms with Crippen molar-refractivity contribution in [1.82, 2.24) is 4.90 Å². The molecule has 3 aliphatic rings. The van der Waals surface area contributed by atoms with E-state index in [0.717, 1.165) is 36.8 Å². The fourth-order valence-electron chi connectivity index (χ4n) is 4.71. The molecule has 1 unspecified atom stereocenters. The van der Waals surface area contributed by atoms with Gasteiger partial charge in [-0.25, -0.2) is 4.79 Å². The van der Waals surface area contributed by atoms with E-state index in [9.17, 15) is 9.59 Å². The largest absolute Gasteiger partial charge is 0.508 e. The van der Waals surface area contributed by atoms with Gasteiger partial charge in [0.15, 0.2) is 0 Å². The predicted molar refractivity (Wildman–Crippen MR) is 102 cm³/mol. The van der Waals surface area contributed by atoms with Gasteiger partial charge in [0.1, 0.15) is 18.4 Å². The van der Waals surface area contributed by atoms with Crippen molar-refractivity contribution >= 4 is 12.1 Å².